The lowest BCUT2D eigenvalue weighted by molar-refractivity contribution is -0.112. The molecular weight excluding hydrogens is 180 g/mol. The highest BCUT2D eigenvalue weighted by atomic mass is 16.5. The second-order valence-electron chi connectivity index (χ2n) is 3.32. The van der Waals surface area contributed by atoms with Crippen molar-refractivity contribution in [2.24, 2.45) is 0 Å². The Labute approximate surface area is 85.8 Å². The molecule has 3 heteroatoms. The van der Waals surface area contributed by atoms with E-state index in [9.17, 15) is 9.59 Å². The number of carbonyl (C=O) groups is 2. The quantitative estimate of drug-likeness (QED) is 0.379. The van der Waals surface area contributed by atoms with Crippen LogP contribution in [0.2, 0.25) is 0 Å². The minimum Gasteiger partial charge on any atom is -0.374 e. The smallest absolute Gasteiger partial charge is 0.145 e. The van der Waals surface area contributed by atoms with Gasteiger partial charge in [-0.25, -0.2) is 0 Å². The Morgan fingerprint density at radius 2 is 1.43 bits per heavy atom. The summed E-state index contributed by atoms with van der Waals surface area (Å²) < 4.78 is 5.01. The number of aldehydes is 2. The fourth-order valence-corrected chi connectivity index (χ4v) is 1.27. The molecule has 14 heavy (non-hydrogen) atoms. The lowest BCUT2D eigenvalue weighted by Gasteiger charge is -2.00. The maximum absolute atomic E-state index is 10.00. The number of hydrogen-bond donors (Lipinski definition) is 0. The second kappa shape index (κ2) is 12.3. The zero-order chi connectivity index (χ0) is 10.5. The van der Waals surface area contributed by atoms with E-state index in [0.717, 1.165) is 38.3 Å². The van der Waals surface area contributed by atoms with Crippen LogP contribution in [0.3, 0.4) is 0 Å². The van der Waals surface area contributed by atoms with Crippen molar-refractivity contribution in [3.8, 4) is 0 Å². The summed E-state index contributed by atoms with van der Waals surface area (Å²) in [7, 11) is 0. The van der Waals surface area contributed by atoms with E-state index >= 15 is 0 Å². The molecule has 3 nitrogen and oxygen atoms in total. The maximum atomic E-state index is 10.00. The molecule has 0 radical (unpaired) electrons. The molecule has 0 aromatic carbocycles. The van der Waals surface area contributed by atoms with Crippen molar-refractivity contribution < 1.29 is 14.3 Å². The highest BCUT2D eigenvalue weighted by Gasteiger charge is 1.91. The van der Waals surface area contributed by atoms with Crippen molar-refractivity contribution in [2.75, 3.05) is 13.2 Å². The van der Waals surface area contributed by atoms with Gasteiger partial charge >= 0.3 is 0 Å². The Kier molecular flexibility index (Phi) is 11.7. The van der Waals surface area contributed by atoms with Crippen molar-refractivity contribution in [1.29, 1.82) is 0 Å². The molecule has 0 atom stereocenters. The van der Waals surface area contributed by atoms with Gasteiger partial charge in [-0.15, -0.1) is 0 Å². The van der Waals surface area contributed by atoms with Crippen LogP contribution in [0, 0.1) is 0 Å². The van der Waals surface area contributed by atoms with Crippen molar-refractivity contribution in [3.05, 3.63) is 0 Å². The van der Waals surface area contributed by atoms with E-state index in [0.29, 0.717) is 13.0 Å². The third kappa shape index (κ3) is 11.3. The first-order valence-corrected chi connectivity index (χ1v) is 5.37. The van der Waals surface area contributed by atoms with Gasteiger partial charge in [0.25, 0.3) is 0 Å². The van der Waals surface area contributed by atoms with Gasteiger partial charge in [0.2, 0.25) is 0 Å². The molecular formula is C11H20O3. The summed E-state index contributed by atoms with van der Waals surface area (Å²) in [5.41, 5.74) is 0. The fourth-order valence-electron chi connectivity index (χ4n) is 1.27. The lowest BCUT2D eigenvalue weighted by Crippen LogP contribution is -1.97. The molecule has 0 aliphatic rings. The highest BCUT2D eigenvalue weighted by molar-refractivity contribution is 5.50. The molecule has 0 aromatic heterocycles. The van der Waals surface area contributed by atoms with Gasteiger partial charge in [0.1, 0.15) is 19.2 Å². The molecule has 0 saturated carbocycles. The summed E-state index contributed by atoms with van der Waals surface area (Å²) in [6.07, 6.45) is 9.19. The van der Waals surface area contributed by atoms with Gasteiger partial charge < -0.3 is 14.3 Å². The normalized spacial score (nSPS) is 10.0. The maximum Gasteiger partial charge on any atom is 0.145 e. The fraction of sp³-hybridized carbons (Fsp3) is 0.818. The van der Waals surface area contributed by atoms with E-state index in [-0.39, 0.29) is 6.61 Å². The van der Waals surface area contributed by atoms with Gasteiger partial charge in [0.15, 0.2) is 0 Å². The third-order valence-corrected chi connectivity index (χ3v) is 2.05. The number of ether oxygens (including phenoxy) is 1. The molecule has 0 rings (SSSR count). The predicted octanol–water partition coefficient (Wildman–Crippen LogP) is 2.13. The molecule has 0 fully saturated rings. The van der Waals surface area contributed by atoms with Crippen LogP contribution < -0.4 is 0 Å². The van der Waals surface area contributed by atoms with Gasteiger partial charge in [-0.1, -0.05) is 25.7 Å². The topological polar surface area (TPSA) is 43.4 Å². The van der Waals surface area contributed by atoms with Crippen LogP contribution in [-0.4, -0.2) is 25.8 Å². The molecule has 0 bridgehead atoms. The molecule has 0 aromatic rings. The lowest BCUT2D eigenvalue weighted by atomic mass is 10.1. The zero-order valence-corrected chi connectivity index (χ0v) is 8.74. The van der Waals surface area contributed by atoms with Gasteiger partial charge in [0, 0.05) is 13.0 Å². The van der Waals surface area contributed by atoms with Gasteiger partial charge in [-0.2, -0.15) is 0 Å². The average Bonchev–Trinajstić information content (AvgIpc) is 2.21. The first-order chi connectivity index (χ1) is 6.91. The molecule has 0 amide bonds. The summed E-state index contributed by atoms with van der Waals surface area (Å²) in [5.74, 6) is 0. The molecule has 0 aliphatic carbocycles. The van der Waals surface area contributed by atoms with Crippen molar-refractivity contribution in [1.82, 2.24) is 0 Å². The third-order valence-electron chi connectivity index (χ3n) is 2.05. The first kappa shape index (κ1) is 13.3. The van der Waals surface area contributed by atoms with Gasteiger partial charge in [-0.05, 0) is 12.8 Å². The standard InChI is InChI=1S/C11H20O3/c12-8-6-4-2-1-3-5-7-10-14-11-9-13/h8-9H,1-7,10-11H2. The van der Waals surface area contributed by atoms with Crippen molar-refractivity contribution >= 4 is 12.6 Å². The van der Waals surface area contributed by atoms with Crippen LogP contribution in [0.15, 0.2) is 0 Å². The van der Waals surface area contributed by atoms with E-state index < -0.39 is 0 Å². The van der Waals surface area contributed by atoms with Crippen molar-refractivity contribution in [2.45, 2.75) is 44.9 Å². The molecule has 0 spiro atoms. The van der Waals surface area contributed by atoms with E-state index in [1.54, 1.807) is 0 Å². The van der Waals surface area contributed by atoms with Gasteiger partial charge in [-0.3, -0.25) is 0 Å². The van der Waals surface area contributed by atoms with Crippen LogP contribution in [0.5, 0.6) is 0 Å². The van der Waals surface area contributed by atoms with Crippen LogP contribution >= 0.6 is 0 Å². The average molecular weight is 200 g/mol. The van der Waals surface area contributed by atoms with Crippen LogP contribution in [0.4, 0.5) is 0 Å². The molecule has 0 unspecified atom stereocenters. The molecule has 0 saturated heterocycles. The van der Waals surface area contributed by atoms with E-state index in [1.165, 1.54) is 12.8 Å². The minimum absolute atomic E-state index is 0.222. The highest BCUT2D eigenvalue weighted by Crippen LogP contribution is 2.06. The van der Waals surface area contributed by atoms with E-state index in [2.05, 4.69) is 0 Å². The molecule has 82 valence electrons. The number of hydrogen-bond acceptors (Lipinski definition) is 3. The Morgan fingerprint density at radius 1 is 0.786 bits per heavy atom. The van der Waals surface area contributed by atoms with Crippen LogP contribution in [-0.2, 0) is 14.3 Å². The Balaban J connectivity index is 2.84. The SMILES string of the molecule is O=CCCCCCCCCOCC=O. The monoisotopic (exact) mass is 200 g/mol. The zero-order valence-electron chi connectivity index (χ0n) is 8.74. The van der Waals surface area contributed by atoms with E-state index in [1.807, 2.05) is 0 Å². The molecule has 0 aliphatic heterocycles. The second-order valence-corrected chi connectivity index (χ2v) is 3.32. The largest absolute Gasteiger partial charge is 0.374 e. The number of rotatable bonds is 11. The predicted molar refractivity (Wildman–Crippen MR) is 55.3 cm³/mol. The summed E-state index contributed by atoms with van der Waals surface area (Å²) in [4.78, 5) is 19.9. The number of unbranched alkanes of at least 4 members (excludes halogenated alkanes) is 6. The van der Waals surface area contributed by atoms with Gasteiger partial charge in [0.05, 0.1) is 0 Å². The van der Waals surface area contributed by atoms with E-state index in [4.69, 9.17) is 4.74 Å². The Bertz CT molecular complexity index is 118. The first-order valence-electron chi connectivity index (χ1n) is 5.37. The summed E-state index contributed by atoms with van der Waals surface area (Å²) in [5, 5.41) is 0. The number of carbonyl (C=O) groups excluding carboxylic acids is 2. The van der Waals surface area contributed by atoms with Crippen LogP contribution in [0.1, 0.15) is 44.9 Å². The molecule has 0 N–H and O–H groups in total. The Hall–Kier alpha value is -0.700. The van der Waals surface area contributed by atoms with Crippen LogP contribution in [0.25, 0.3) is 0 Å². The Morgan fingerprint density at radius 3 is 2.07 bits per heavy atom. The summed E-state index contributed by atoms with van der Waals surface area (Å²) in [6, 6.07) is 0. The summed E-state index contributed by atoms with van der Waals surface area (Å²) >= 11 is 0. The summed E-state index contributed by atoms with van der Waals surface area (Å²) in [6.45, 7) is 0.909. The van der Waals surface area contributed by atoms with Crippen molar-refractivity contribution in [3.63, 3.8) is 0 Å². The molecule has 0 heterocycles. The minimum atomic E-state index is 0.222.